The number of benzene rings is 1. The number of nitrogens with zero attached hydrogens (tertiary/aromatic N) is 2. The molecule has 27 heavy (non-hydrogen) atoms. The molecule has 1 N–H and O–H groups in total. The number of esters is 1. The number of rotatable bonds is 10. The molecule has 0 bridgehead atoms. The van der Waals surface area contributed by atoms with Gasteiger partial charge in [0.25, 0.3) is 0 Å². The maximum Gasteiger partial charge on any atom is 0.354 e. The van der Waals surface area contributed by atoms with E-state index in [1.807, 2.05) is 30.3 Å². The third-order valence-corrected chi connectivity index (χ3v) is 4.56. The Kier molecular flexibility index (Phi) is 6.81. The lowest BCUT2D eigenvalue weighted by Gasteiger charge is -2.22. The number of nitrogens with one attached hydrogen (secondary N) is 1. The smallest absolute Gasteiger partial charge is 0.354 e. The monoisotopic (exact) mass is 373 g/mol. The SMILES string of the molecule is CCOC(=O)C1=NN(c2ccccc2)C(C(=O)NCCCOCC2CC2)C1. The van der Waals surface area contributed by atoms with Crippen molar-refractivity contribution >= 4 is 23.3 Å². The number of hydrogen-bond donors (Lipinski definition) is 1. The van der Waals surface area contributed by atoms with E-state index >= 15 is 0 Å². The average molecular weight is 373 g/mol. The van der Waals surface area contributed by atoms with Crippen LogP contribution < -0.4 is 10.3 Å². The maximum absolute atomic E-state index is 12.7. The maximum atomic E-state index is 12.7. The standard InChI is InChI=1S/C20H27N3O4/c1-2-27-20(25)17-13-18(23(22-17)16-7-4-3-5-8-16)19(24)21-11-6-12-26-14-15-9-10-15/h3-5,7-8,15,18H,2,6,9-14H2,1H3,(H,21,24). The largest absolute Gasteiger partial charge is 0.461 e. The first-order valence-corrected chi connectivity index (χ1v) is 9.63. The number of para-hydroxylation sites is 1. The zero-order valence-electron chi connectivity index (χ0n) is 15.7. The van der Waals surface area contributed by atoms with Crippen molar-refractivity contribution in [2.75, 3.05) is 31.4 Å². The fraction of sp³-hybridized carbons (Fsp3) is 0.550. The van der Waals surface area contributed by atoms with E-state index in [1.54, 1.807) is 11.9 Å². The highest BCUT2D eigenvalue weighted by molar-refractivity contribution is 6.38. The van der Waals surface area contributed by atoms with Gasteiger partial charge in [-0.15, -0.1) is 0 Å². The molecule has 1 fully saturated rings. The summed E-state index contributed by atoms with van der Waals surface area (Å²) < 4.78 is 10.6. The molecule has 7 nitrogen and oxygen atoms in total. The van der Waals surface area contributed by atoms with E-state index in [0.717, 1.165) is 24.6 Å². The minimum Gasteiger partial charge on any atom is -0.461 e. The van der Waals surface area contributed by atoms with Crippen molar-refractivity contribution in [3.05, 3.63) is 30.3 Å². The van der Waals surface area contributed by atoms with E-state index in [-0.39, 0.29) is 24.6 Å². The van der Waals surface area contributed by atoms with Gasteiger partial charge in [0, 0.05) is 26.2 Å². The van der Waals surface area contributed by atoms with E-state index < -0.39 is 12.0 Å². The molecule has 1 atom stereocenters. The Labute approximate surface area is 159 Å². The van der Waals surface area contributed by atoms with Crippen LogP contribution in [0.25, 0.3) is 0 Å². The lowest BCUT2D eigenvalue weighted by Crippen LogP contribution is -2.43. The van der Waals surface area contributed by atoms with Gasteiger partial charge in [0.1, 0.15) is 11.8 Å². The second-order valence-corrected chi connectivity index (χ2v) is 6.83. The molecule has 2 aliphatic rings. The molecule has 146 valence electrons. The molecule has 0 aromatic heterocycles. The molecule has 1 aromatic carbocycles. The van der Waals surface area contributed by atoms with Crippen LogP contribution >= 0.6 is 0 Å². The van der Waals surface area contributed by atoms with Crippen LogP contribution in [0.1, 0.15) is 32.6 Å². The molecule has 7 heteroatoms. The molecule has 1 saturated carbocycles. The van der Waals surface area contributed by atoms with Gasteiger partial charge >= 0.3 is 5.97 Å². The minimum atomic E-state index is -0.556. The van der Waals surface area contributed by atoms with Gasteiger partial charge in [0.05, 0.1) is 12.3 Å². The fourth-order valence-corrected chi connectivity index (χ4v) is 2.91. The van der Waals surface area contributed by atoms with Gasteiger partial charge in [-0.1, -0.05) is 18.2 Å². The molecule has 1 aliphatic carbocycles. The van der Waals surface area contributed by atoms with Gasteiger partial charge in [-0.3, -0.25) is 9.80 Å². The van der Waals surface area contributed by atoms with Crippen LogP contribution in [0.15, 0.2) is 35.4 Å². The molecule has 1 amide bonds. The molecular formula is C20H27N3O4. The summed E-state index contributed by atoms with van der Waals surface area (Å²) in [4.78, 5) is 24.7. The van der Waals surface area contributed by atoms with Gasteiger partial charge in [0.2, 0.25) is 5.91 Å². The number of ether oxygens (including phenoxy) is 2. The van der Waals surface area contributed by atoms with Gasteiger partial charge in [-0.25, -0.2) is 4.79 Å². The van der Waals surface area contributed by atoms with Gasteiger partial charge < -0.3 is 14.8 Å². The third kappa shape index (κ3) is 5.53. The summed E-state index contributed by atoms with van der Waals surface area (Å²) in [6.07, 6.45) is 3.55. The summed E-state index contributed by atoms with van der Waals surface area (Å²) >= 11 is 0. The van der Waals surface area contributed by atoms with Gasteiger partial charge in [-0.2, -0.15) is 5.10 Å². The third-order valence-electron chi connectivity index (χ3n) is 4.56. The zero-order valence-corrected chi connectivity index (χ0v) is 15.7. The van der Waals surface area contributed by atoms with E-state index in [2.05, 4.69) is 10.4 Å². The van der Waals surface area contributed by atoms with Crippen LogP contribution in [-0.2, 0) is 19.1 Å². The Hall–Kier alpha value is -2.41. The van der Waals surface area contributed by atoms with Crippen molar-refractivity contribution < 1.29 is 19.1 Å². The van der Waals surface area contributed by atoms with E-state index in [0.29, 0.717) is 13.2 Å². The van der Waals surface area contributed by atoms with Crippen molar-refractivity contribution in [2.24, 2.45) is 11.0 Å². The van der Waals surface area contributed by atoms with Crippen molar-refractivity contribution in [1.82, 2.24) is 5.32 Å². The molecule has 3 rings (SSSR count). The quantitative estimate of drug-likeness (QED) is 0.502. The van der Waals surface area contributed by atoms with Crippen LogP contribution in [-0.4, -0.2) is 50.0 Å². The Morgan fingerprint density at radius 1 is 1.26 bits per heavy atom. The normalized spacial score (nSPS) is 18.9. The molecular weight excluding hydrogens is 346 g/mol. The number of hydrazone groups is 1. The van der Waals surface area contributed by atoms with Crippen LogP contribution in [0, 0.1) is 5.92 Å². The van der Waals surface area contributed by atoms with Crippen LogP contribution in [0.5, 0.6) is 0 Å². The van der Waals surface area contributed by atoms with Crippen LogP contribution in [0.4, 0.5) is 5.69 Å². The minimum absolute atomic E-state index is 0.149. The molecule has 0 saturated heterocycles. The average Bonchev–Trinajstić information content (AvgIpc) is 3.40. The molecule has 1 aromatic rings. The Morgan fingerprint density at radius 3 is 2.74 bits per heavy atom. The van der Waals surface area contributed by atoms with Gasteiger partial charge in [0.15, 0.2) is 0 Å². The lowest BCUT2D eigenvalue weighted by atomic mass is 10.1. The van der Waals surface area contributed by atoms with Crippen molar-refractivity contribution in [3.63, 3.8) is 0 Å². The summed E-state index contributed by atoms with van der Waals surface area (Å²) in [5, 5.41) is 8.89. The van der Waals surface area contributed by atoms with Crippen molar-refractivity contribution in [2.45, 2.75) is 38.6 Å². The highest BCUT2D eigenvalue weighted by atomic mass is 16.5. The second kappa shape index (κ2) is 9.50. The number of carbonyl (C=O) groups excluding carboxylic acids is 2. The summed E-state index contributed by atoms with van der Waals surface area (Å²) in [6, 6.07) is 8.82. The zero-order chi connectivity index (χ0) is 19.1. The topological polar surface area (TPSA) is 80.2 Å². The fourth-order valence-electron chi connectivity index (χ4n) is 2.91. The number of anilines is 1. The molecule has 0 spiro atoms. The van der Waals surface area contributed by atoms with Crippen LogP contribution in [0.3, 0.4) is 0 Å². The predicted molar refractivity (Wildman–Crippen MR) is 103 cm³/mol. The molecule has 1 aliphatic heterocycles. The van der Waals surface area contributed by atoms with E-state index in [9.17, 15) is 9.59 Å². The van der Waals surface area contributed by atoms with E-state index in [4.69, 9.17) is 9.47 Å². The number of carbonyl (C=O) groups is 2. The summed E-state index contributed by atoms with van der Waals surface area (Å²) in [5.41, 5.74) is 1.04. The Bertz CT molecular complexity index is 673. The molecule has 0 radical (unpaired) electrons. The van der Waals surface area contributed by atoms with Crippen molar-refractivity contribution in [3.8, 4) is 0 Å². The molecule has 1 unspecified atom stereocenters. The van der Waals surface area contributed by atoms with Gasteiger partial charge in [-0.05, 0) is 44.2 Å². The highest BCUT2D eigenvalue weighted by Gasteiger charge is 2.36. The first-order chi connectivity index (χ1) is 13.2. The Balaban J connectivity index is 1.54. The Morgan fingerprint density at radius 2 is 2.04 bits per heavy atom. The first kappa shape index (κ1) is 19.4. The predicted octanol–water partition coefficient (Wildman–Crippen LogP) is 2.12. The summed E-state index contributed by atoms with van der Waals surface area (Å²) in [7, 11) is 0. The summed E-state index contributed by atoms with van der Waals surface area (Å²) in [6.45, 7) is 4.04. The highest BCUT2D eigenvalue weighted by Crippen LogP contribution is 2.28. The lowest BCUT2D eigenvalue weighted by molar-refractivity contribution is -0.135. The molecule has 1 heterocycles. The number of hydrogen-bond acceptors (Lipinski definition) is 6. The summed E-state index contributed by atoms with van der Waals surface area (Å²) in [5.74, 6) is 0.127. The van der Waals surface area contributed by atoms with E-state index in [1.165, 1.54) is 12.8 Å². The first-order valence-electron chi connectivity index (χ1n) is 9.63. The van der Waals surface area contributed by atoms with Crippen LogP contribution in [0.2, 0.25) is 0 Å². The number of amides is 1. The second-order valence-electron chi connectivity index (χ2n) is 6.83. The van der Waals surface area contributed by atoms with Crippen molar-refractivity contribution in [1.29, 1.82) is 0 Å².